The van der Waals surface area contributed by atoms with E-state index in [1.807, 2.05) is 13.0 Å². The number of nitrogens with two attached hydrogens (primary N) is 1. The number of carbonyl (C=O) groups excluding carboxylic acids is 1. The van der Waals surface area contributed by atoms with Crippen LogP contribution in [0, 0.1) is 6.92 Å². The summed E-state index contributed by atoms with van der Waals surface area (Å²) in [7, 11) is 0. The number of hydrogen-bond acceptors (Lipinski definition) is 5. The number of aromatic nitrogens is 2. The topological polar surface area (TPSA) is 92.9 Å². The molecule has 0 saturated heterocycles. The van der Waals surface area contributed by atoms with E-state index >= 15 is 0 Å². The Morgan fingerprint density at radius 1 is 1.26 bits per heavy atom. The van der Waals surface area contributed by atoms with Crippen molar-refractivity contribution in [2.45, 2.75) is 6.92 Å². The predicted molar refractivity (Wildman–Crippen MR) is 74.0 cm³/mol. The Labute approximate surface area is 115 Å². The highest BCUT2D eigenvalue weighted by atomic mass is 35.5. The summed E-state index contributed by atoms with van der Waals surface area (Å²) in [5.74, 6) is 5.18. The van der Waals surface area contributed by atoms with Gasteiger partial charge in [-0.1, -0.05) is 17.7 Å². The Bertz CT molecular complexity index is 600. The van der Waals surface area contributed by atoms with Crippen LogP contribution in [0.25, 0.3) is 0 Å². The quantitative estimate of drug-likeness (QED) is 0.589. The summed E-state index contributed by atoms with van der Waals surface area (Å²) in [6.07, 6.45) is 0. The first-order chi connectivity index (χ1) is 9.10. The van der Waals surface area contributed by atoms with Crippen LogP contribution >= 0.6 is 11.6 Å². The summed E-state index contributed by atoms with van der Waals surface area (Å²) in [6.45, 7) is 1.89. The van der Waals surface area contributed by atoms with Crippen LogP contribution in [0.4, 0.5) is 11.5 Å². The number of benzene rings is 1. The van der Waals surface area contributed by atoms with Crippen LogP contribution in [0.15, 0.2) is 30.3 Å². The van der Waals surface area contributed by atoms with Gasteiger partial charge in [0.05, 0.1) is 0 Å². The van der Waals surface area contributed by atoms with Gasteiger partial charge in [0.25, 0.3) is 5.91 Å². The molecule has 7 heteroatoms. The molecule has 1 amide bonds. The Balaban J connectivity index is 2.13. The van der Waals surface area contributed by atoms with E-state index in [4.69, 9.17) is 17.4 Å². The zero-order valence-electron chi connectivity index (χ0n) is 10.1. The highest BCUT2D eigenvalue weighted by Crippen LogP contribution is 2.20. The van der Waals surface area contributed by atoms with Crippen molar-refractivity contribution in [2.24, 2.45) is 5.84 Å². The Morgan fingerprint density at radius 3 is 2.63 bits per heavy atom. The van der Waals surface area contributed by atoms with Gasteiger partial charge in [-0.3, -0.25) is 4.79 Å². The molecule has 0 aliphatic carbocycles. The molecule has 0 atom stereocenters. The number of aryl methyl sites for hydroxylation is 1. The van der Waals surface area contributed by atoms with Gasteiger partial charge in [0.15, 0.2) is 11.5 Å². The number of anilines is 2. The van der Waals surface area contributed by atoms with Gasteiger partial charge in [0, 0.05) is 10.7 Å². The van der Waals surface area contributed by atoms with E-state index in [9.17, 15) is 4.79 Å². The molecule has 2 rings (SSSR count). The van der Waals surface area contributed by atoms with Crippen LogP contribution in [0.5, 0.6) is 0 Å². The molecule has 98 valence electrons. The van der Waals surface area contributed by atoms with Crippen LogP contribution in [0.1, 0.15) is 16.1 Å². The second-order valence-corrected chi connectivity index (χ2v) is 4.27. The van der Waals surface area contributed by atoms with Crippen LogP contribution in [0.2, 0.25) is 5.02 Å². The third-order valence-electron chi connectivity index (χ3n) is 2.47. The second-order valence-electron chi connectivity index (χ2n) is 3.87. The van der Waals surface area contributed by atoms with Crippen molar-refractivity contribution in [2.75, 3.05) is 10.7 Å². The summed E-state index contributed by atoms with van der Waals surface area (Å²) in [4.78, 5) is 11.9. The lowest BCUT2D eigenvalue weighted by molar-refractivity contribution is 0.102. The number of nitrogens with zero attached hydrogens (tertiary/aromatic N) is 2. The molecule has 0 unspecified atom stereocenters. The fraction of sp³-hybridized carbons (Fsp3) is 0.0833. The van der Waals surface area contributed by atoms with Crippen LogP contribution in [0.3, 0.4) is 0 Å². The van der Waals surface area contributed by atoms with Crippen molar-refractivity contribution in [3.63, 3.8) is 0 Å². The number of nitrogen functional groups attached to an aromatic ring is 1. The average Bonchev–Trinajstić information content (AvgIpc) is 2.43. The number of hydrogen-bond donors (Lipinski definition) is 3. The van der Waals surface area contributed by atoms with Gasteiger partial charge >= 0.3 is 0 Å². The molecule has 0 spiro atoms. The first kappa shape index (κ1) is 13.3. The Morgan fingerprint density at radius 2 is 2.05 bits per heavy atom. The monoisotopic (exact) mass is 277 g/mol. The normalized spacial score (nSPS) is 10.1. The molecule has 0 saturated carbocycles. The number of hydrazine groups is 1. The van der Waals surface area contributed by atoms with E-state index in [1.165, 1.54) is 6.07 Å². The average molecular weight is 278 g/mol. The van der Waals surface area contributed by atoms with Gasteiger partial charge in [-0.25, -0.2) is 5.84 Å². The predicted octanol–water partition coefficient (Wildman–Crippen LogP) is 1.98. The van der Waals surface area contributed by atoms with E-state index in [0.717, 1.165) is 5.56 Å². The summed E-state index contributed by atoms with van der Waals surface area (Å²) in [6, 6.07) is 8.35. The van der Waals surface area contributed by atoms with Crippen LogP contribution in [-0.2, 0) is 0 Å². The van der Waals surface area contributed by atoms with Gasteiger partial charge in [-0.2, -0.15) is 0 Å². The standard InChI is InChI=1S/C12H12ClN5O/c1-7-2-3-8(6-9(7)13)15-12(19)10-4-5-11(16-14)18-17-10/h2-6H,14H2,1H3,(H,15,19)(H,16,18). The van der Waals surface area contributed by atoms with Gasteiger partial charge < -0.3 is 10.7 Å². The number of rotatable bonds is 3. The molecular formula is C12H12ClN5O. The van der Waals surface area contributed by atoms with Gasteiger partial charge in [0.2, 0.25) is 0 Å². The summed E-state index contributed by atoms with van der Waals surface area (Å²) < 4.78 is 0. The first-order valence-corrected chi connectivity index (χ1v) is 5.86. The molecule has 0 aliphatic heterocycles. The molecule has 19 heavy (non-hydrogen) atoms. The maximum Gasteiger partial charge on any atom is 0.276 e. The third-order valence-corrected chi connectivity index (χ3v) is 2.88. The number of carbonyl (C=O) groups is 1. The molecule has 1 heterocycles. The Kier molecular flexibility index (Phi) is 3.94. The molecular weight excluding hydrogens is 266 g/mol. The fourth-order valence-corrected chi connectivity index (χ4v) is 1.58. The first-order valence-electron chi connectivity index (χ1n) is 5.48. The molecule has 0 bridgehead atoms. The van der Waals surface area contributed by atoms with Gasteiger partial charge in [0.1, 0.15) is 0 Å². The molecule has 1 aromatic heterocycles. The molecule has 2 aromatic rings. The molecule has 6 nitrogen and oxygen atoms in total. The maximum atomic E-state index is 11.9. The highest BCUT2D eigenvalue weighted by Gasteiger charge is 2.09. The highest BCUT2D eigenvalue weighted by molar-refractivity contribution is 6.31. The summed E-state index contributed by atoms with van der Waals surface area (Å²) >= 11 is 5.98. The van der Waals surface area contributed by atoms with E-state index in [0.29, 0.717) is 16.5 Å². The summed E-state index contributed by atoms with van der Waals surface area (Å²) in [5, 5.41) is 10.7. The largest absolute Gasteiger partial charge is 0.321 e. The minimum atomic E-state index is -0.365. The number of halogens is 1. The van der Waals surface area contributed by atoms with Crippen molar-refractivity contribution < 1.29 is 4.79 Å². The minimum Gasteiger partial charge on any atom is -0.321 e. The van der Waals surface area contributed by atoms with Crippen molar-refractivity contribution in [3.8, 4) is 0 Å². The van der Waals surface area contributed by atoms with E-state index in [1.54, 1.807) is 18.2 Å². The number of nitrogens with one attached hydrogen (secondary N) is 2. The third kappa shape index (κ3) is 3.18. The second kappa shape index (κ2) is 5.64. The lowest BCUT2D eigenvalue weighted by Gasteiger charge is -2.06. The summed E-state index contributed by atoms with van der Waals surface area (Å²) in [5.41, 5.74) is 4.07. The van der Waals surface area contributed by atoms with Crippen molar-refractivity contribution in [1.82, 2.24) is 10.2 Å². The molecule has 1 aromatic carbocycles. The van der Waals surface area contributed by atoms with E-state index < -0.39 is 0 Å². The molecule has 0 aliphatic rings. The zero-order chi connectivity index (χ0) is 13.8. The fourth-order valence-electron chi connectivity index (χ4n) is 1.40. The minimum absolute atomic E-state index is 0.190. The van der Waals surface area contributed by atoms with Crippen molar-refractivity contribution >= 4 is 29.0 Å². The van der Waals surface area contributed by atoms with Crippen molar-refractivity contribution in [3.05, 3.63) is 46.6 Å². The van der Waals surface area contributed by atoms with E-state index in [2.05, 4.69) is 20.9 Å². The lowest BCUT2D eigenvalue weighted by atomic mass is 10.2. The molecule has 0 fully saturated rings. The van der Waals surface area contributed by atoms with Gasteiger partial charge in [-0.05, 0) is 36.8 Å². The van der Waals surface area contributed by atoms with Crippen LogP contribution in [-0.4, -0.2) is 16.1 Å². The smallest absolute Gasteiger partial charge is 0.276 e. The Hall–Kier alpha value is -2.18. The number of amides is 1. The molecule has 4 N–H and O–H groups in total. The molecule has 0 radical (unpaired) electrons. The van der Waals surface area contributed by atoms with Crippen molar-refractivity contribution in [1.29, 1.82) is 0 Å². The van der Waals surface area contributed by atoms with E-state index in [-0.39, 0.29) is 11.6 Å². The van der Waals surface area contributed by atoms with Gasteiger partial charge in [-0.15, -0.1) is 10.2 Å². The maximum absolute atomic E-state index is 11.9. The zero-order valence-corrected chi connectivity index (χ0v) is 10.9. The van der Waals surface area contributed by atoms with Crippen LogP contribution < -0.4 is 16.6 Å². The lowest BCUT2D eigenvalue weighted by Crippen LogP contribution is -2.16. The SMILES string of the molecule is Cc1ccc(NC(=O)c2ccc(NN)nn2)cc1Cl.